The Balaban J connectivity index is 2.07. The number of amides is 1. The second-order valence-corrected chi connectivity index (χ2v) is 7.82. The Hall–Kier alpha value is -3.03. The number of fused-ring (bicyclic) bond motifs is 1. The van der Waals surface area contributed by atoms with Gasteiger partial charge in [0.25, 0.3) is 11.5 Å². The second-order valence-electron chi connectivity index (χ2n) is 7.82. The lowest BCUT2D eigenvalue weighted by molar-refractivity contribution is 0.0653. The van der Waals surface area contributed by atoms with Gasteiger partial charge in [-0.2, -0.15) is 0 Å². The molecule has 2 aromatic carbocycles. The van der Waals surface area contributed by atoms with Gasteiger partial charge in [-0.3, -0.25) is 14.2 Å². The number of rotatable bonds is 10. The number of carbonyl (C=O) groups excluding carboxylic acids is 1. The monoisotopic (exact) mass is 437 g/mol. The van der Waals surface area contributed by atoms with Gasteiger partial charge >= 0.3 is 0 Å². The van der Waals surface area contributed by atoms with Crippen molar-refractivity contribution in [2.24, 2.45) is 0 Å². The smallest absolute Gasteiger partial charge is 0.261 e. The molecule has 0 saturated carbocycles. The maximum atomic E-state index is 13.5. The highest BCUT2D eigenvalue weighted by molar-refractivity contribution is 5.94. The maximum absolute atomic E-state index is 13.5. The molecule has 170 valence electrons. The van der Waals surface area contributed by atoms with Gasteiger partial charge in [0.05, 0.1) is 30.1 Å². The van der Waals surface area contributed by atoms with Crippen molar-refractivity contribution >= 4 is 16.8 Å². The molecule has 0 aliphatic carbocycles. The molecule has 1 unspecified atom stereocenters. The Kier molecular flexibility index (Phi) is 8.14. The second kappa shape index (κ2) is 11.0. The summed E-state index contributed by atoms with van der Waals surface area (Å²) in [4.78, 5) is 33.3. The summed E-state index contributed by atoms with van der Waals surface area (Å²) in [7, 11) is 3.24. The third kappa shape index (κ3) is 5.23. The van der Waals surface area contributed by atoms with E-state index in [1.54, 1.807) is 29.8 Å². The molecule has 32 heavy (non-hydrogen) atoms. The van der Waals surface area contributed by atoms with Gasteiger partial charge in [0.1, 0.15) is 5.82 Å². The average Bonchev–Trinajstić information content (AvgIpc) is 2.81. The van der Waals surface area contributed by atoms with E-state index in [1.165, 1.54) is 0 Å². The first-order valence-corrected chi connectivity index (χ1v) is 10.8. The molecule has 0 saturated heterocycles. The molecular weight excluding hydrogens is 406 g/mol. The van der Waals surface area contributed by atoms with E-state index < -0.39 is 6.04 Å². The van der Waals surface area contributed by atoms with Crippen LogP contribution >= 0.6 is 0 Å². The zero-order chi connectivity index (χ0) is 23.1. The zero-order valence-corrected chi connectivity index (χ0v) is 19.2. The van der Waals surface area contributed by atoms with Crippen molar-refractivity contribution in [3.05, 3.63) is 75.8 Å². The summed E-state index contributed by atoms with van der Waals surface area (Å²) in [6.45, 7) is 5.65. The van der Waals surface area contributed by atoms with Crippen LogP contribution < -0.4 is 5.56 Å². The highest BCUT2D eigenvalue weighted by Crippen LogP contribution is 2.23. The highest BCUT2D eigenvalue weighted by atomic mass is 16.5. The van der Waals surface area contributed by atoms with Crippen molar-refractivity contribution in [3.8, 4) is 0 Å². The van der Waals surface area contributed by atoms with E-state index >= 15 is 0 Å². The lowest BCUT2D eigenvalue weighted by atomic mass is 10.1. The molecule has 1 heterocycles. The fraction of sp³-hybridized carbons (Fsp3) is 0.400. The van der Waals surface area contributed by atoms with Crippen LogP contribution in [0.1, 0.15) is 41.1 Å². The summed E-state index contributed by atoms with van der Waals surface area (Å²) >= 11 is 0. The lowest BCUT2D eigenvalue weighted by Gasteiger charge is -2.30. The van der Waals surface area contributed by atoms with Crippen LogP contribution in [0.5, 0.6) is 0 Å². The minimum absolute atomic E-state index is 0.102. The number of hydrogen-bond donors (Lipinski definition) is 0. The topological polar surface area (TPSA) is 73.7 Å². The van der Waals surface area contributed by atoms with E-state index in [4.69, 9.17) is 14.5 Å². The zero-order valence-electron chi connectivity index (χ0n) is 19.2. The quantitative estimate of drug-likeness (QED) is 0.453. The lowest BCUT2D eigenvalue weighted by Crippen LogP contribution is -2.39. The predicted octanol–water partition coefficient (Wildman–Crippen LogP) is 3.59. The molecule has 0 N–H and O–H groups in total. The number of para-hydroxylation sites is 1. The van der Waals surface area contributed by atoms with E-state index in [1.807, 2.05) is 56.3 Å². The molecule has 7 nitrogen and oxygen atoms in total. The fourth-order valence-electron chi connectivity index (χ4n) is 3.75. The Morgan fingerprint density at radius 3 is 2.44 bits per heavy atom. The van der Waals surface area contributed by atoms with Gasteiger partial charge in [-0.25, -0.2) is 4.98 Å². The normalized spacial score (nSPS) is 12.1. The number of aromatic nitrogens is 2. The first-order chi connectivity index (χ1) is 15.5. The largest absolute Gasteiger partial charge is 0.385 e. The van der Waals surface area contributed by atoms with Crippen molar-refractivity contribution in [3.63, 3.8) is 0 Å². The first kappa shape index (κ1) is 23.6. The molecule has 0 aliphatic rings. The summed E-state index contributed by atoms with van der Waals surface area (Å²) in [5, 5.41) is 0.551. The Labute approximate surface area is 188 Å². The van der Waals surface area contributed by atoms with Crippen molar-refractivity contribution in [2.75, 3.05) is 34.0 Å². The van der Waals surface area contributed by atoms with Crippen LogP contribution in [0.25, 0.3) is 10.9 Å². The van der Waals surface area contributed by atoms with Crippen LogP contribution in [-0.4, -0.2) is 54.3 Å². The SMILES string of the molecule is COCCCN(C(=O)c1ccc(C)cc1)C(C)c1nc2ccccc2c(=O)n1CCOC. The predicted molar refractivity (Wildman–Crippen MR) is 125 cm³/mol. The number of carbonyl (C=O) groups is 1. The number of benzene rings is 2. The average molecular weight is 438 g/mol. The number of ether oxygens (including phenoxy) is 2. The molecule has 0 bridgehead atoms. The van der Waals surface area contributed by atoms with Gasteiger partial charge in [-0.05, 0) is 44.5 Å². The van der Waals surface area contributed by atoms with Crippen molar-refractivity contribution in [2.45, 2.75) is 32.9 Å². The molecule has 0 spiro atoms. The van der Waals surface area contributed by atoms with Crippen molar-refractivity contribution in [1.29, 1.82) is 0 Å². The maximum Gasteiger partial charge on any atom is 0.261 e. The Bertz CT molecular complexity index is 1110. The molecule has 1 atom stereocenters. The summed E-state index contributed by atoms with van der Waals surface area (Å²) in [5.74, 6) is 0.443. The number of aryl methyl sites for hydroxylation is 1. The summed E-state index contributed by atoms with van der Waals surface area (Å²) in [5.41, 5.74) is 2.18. The molecule has 0 radical (unpaired) electrons. The molecule has 1 aromatic heterocycles. The third-order valence-corrected chi connectivity index (χ3v) is 5.56. The first-order valence-electron chi connectivity index (χ1n) is 10.8. The standard InChI is InChI=1S/C25H31N3O4/c1-18-10-12-20(13-11-18)24(29)27(14-7-16-31-3)19(2)23-26-22-9-6-5-8-21(22)25(30)28(23)15-17-32-4/h5-6,8-13,19H,7,14-17H2,1-4H3. The van der Waals surface area contributed by atoms with E-state index in [2.05, 4.69) is 0 Å². The Morgan fingerprint density at radius 2 is 1.75 bits per heavy atom. The van der Waals surface area contributed by atoms with Gasteiger partial charge < -0.3 is 14.4 Å². The van der Waals surface area contributed by atoms with Crippen LogP contribution in [-0.2, 0) is 16.0 Å². The molecule has 1 amide bonds. The van der Waals surface area contributed by atoms with Crippen LogP contribution in [0.3, 0.4) is 0 Å². The molecule has 0 fully saturated rings. The Morgan fingerprint density at radius 1 is 1.06 bits per heavy atom. The van der Waals surface area contributed by atoms with E-state index in [-0.39, 0.29) is 11.5 Å². The summed E-state index contributed by atoms with van der Waals surface area (Å²) in [6.07, 6.45) is 0.675. The third-order valence-electron chi connectivity index (χ3n) is 5.56. The number of methoxy groups -OCH3 is 2. The molecular formula is C25H31N3O4. The van der Waals surface area contributed by atoms with Gasteiger partial charge in [0, 0.05) is 32.9 Å². The molecule has 3 aromatic rings. The molecule has 0 aliphatic heterocycles. The van der Waals surface area contributed by atoms with E-state index in [0.29, 0.717) is 55.0 Å². The minimum Gasteiger partial charge on any atom is -0.385 e. The molecule has 3 rings (SSSR count). The summed E-state index contributed by atoms with van der Waals surface area (Å²) in [6, 6.07) is 14.4. The van der Waals surface area contributed by atoms with Crippen LogP contribution in [0.4, 0.5) is 0 Å². The number of nitrogens with zero attached hydrogens (tertiary/aromatic N) is 3. The summed E-state index contributed by atoms with van der Waals surface area (Å²) < 4.78 is 12.1. The van der Waals surface area contributed by atoms with Gasteiger partial charge in [0.2, 0.25) is 0 Å². The highest BCUT2D eigenvalue weighted by Gasteiger charge is 2.27. The minimum atomic E-state index is -0.421. The van der Waals surface area contributed by atoms with Crippen molar-refractivity contribution < 1.29 is 14.3 Å². The van der Waals surface area contributed by atoms with Crippen LogP contribution in [0, 0.1) is 6.92 Å². The van der Waals surface area contributed by atoms with Crippen molar-refractivity contribution in [1.82, 2.24) is 14.5 Å². The van der Waals surface area contributed by atoms with Crippen LogP contribution in [0.2, 0.25) is 0 Å². The van der Waals surface area contributed by atoms with Gasteiger partial charge in [0.15, 0.2) is 0 Å². The molecule has 7 heteroatoms. The van der Waals surface area contributed by atoms with Gasteiger partial charge in [-0.15, -0.1) is 0 Å². The fourth-order valence-corrected chi connectivity index (χ4v) is 3.75. The van der Waals surface area contributed by atoms with Crippen LogP contribution in [0.15, 0.2) is 53.3 Å². The van der Waals surface area contributed by atoms with Gasteiger partial charge in [-0.1, -0.05) is 29.8 Å². The number of hydrogen-bond acceptors (Lipinski definition) is 5. The van der Waals surface area contributed by atoms with E-state index in [9.17, 15) is 9.59 Å². The van der Waals surface area contributed by atoms with E-state index in [0.717, 1.165) is 5.56 Å².